The third kappa shape index (κ3) is 17.4. The number of ether oxygens (including phenoxy) is 4. The monoisotopic (exact) mass is 1650 g/mol. The Labute approximate surface area is 572 Å². The summed E-state index contributed by atoms with van der Waals surface area (Å²) in [6, 6.07) is 36.8. The Morgan fingerprint density at radius 1 is 0.558 bits per heavy atom. The van der Waals surface area contributed by atoms with E-state index in [9.17, 15) is 45.0 Å². The quantitative estimate of drug-likeness (QED) is 0.0388. The maximum atomic E-state index is 15.7. The third-order valence-corrected chi connectivity index (χ3v) is 13.4. The van der Waals surface area contributed by atoms with Crippen LogP contribution in [0.25, 0.3) is 0 Å². The van der Waals surface area contributed by atoms with Gasteiger partial charge in [-0.15, -0.1) is 24.0 Å². The van der Waals surface area contributed by atoms with Crippen LogP contribution < -0.4 is 14.2 Å². The Hall–Kier alpha value is -9.28. The molecule has 0 bridgehead atoms. The first-order chi connectivity index (χ1) is 44.4. The summed E-state index contributed by atoms with van der Waals surface area (Å²) < 4.78 is 194. The lowest BCUT2D eigenvalue weighted by molar-refractivity contribution is -0.207. The van der Waals surface area contributed by atoms with Gasteiger partial charge in [0.1, 0.15) is 99.1 Å². The fourth-order valence-electron chi connectivity index (χ4n) is 8.58. The Morgan fingerprint density at radius 3 is 1.34 bits per heavy atom. The molecule has 30 heteroatoms. The van der Waals surface area contributed by atoms with Crippen molar-refractivity contribution in [2.75, 3.05) is 6.61 Å². The number of ketones is 1. The number of aromatic nitrogens is 6. The summed E-state index contributed by atoms with van der Waals surface area (Å²) >= 11 is 4.24. The van der Waals surface area contributed by atoms with Crippen molar-refractivity contribution in [2.24, 2.45) is 0 Å². The number of nitrogens with zero attached hydrogens (tertiary/aromatic N) is 9. The molecule has 1 N–H and O–H groups in total. The molecule has 4 aromatic heterocycles. The number of pyridine rings is 3. The van der Waals surface area contributed by atoms with Crippen molar-refractivity contribution in [3.8, 4) is 52.7 Å². The van der Waals surface area contributed by atoms with E-state index in [4.69, 9.17) is 34.7 Å². The van der Waals surface area contributed by atoms with Crippen molar-refractivity contribution in [3.63, 3.8) is 0 Å². The zero-order valence-electron chi connectivity index (χ0n) is 47.1. The van der Waals surface area contributed by atoms with Crippen molar-refractivity contribution in [1.82, 2.24) is 29.7 Å². The van der Waals surface area contributed by atoms with Crippen LogP contribution in [-0.2, 0) is 40.3 Å². The first kappa shape index (κ1) is 74.8. The number of epoxide rings is 1. The smallest absolute Gasteiger partial charge is 0.351 e. The molecule has 1 aliphatic heterocycles. The molecule has 0 amide bonds. The van der Waals surface area contributed by atoms with E-state index >= 15 is 17.6 Å². The van der Waals surface area contributed by atoms with Crippen LogP contribution in [-0.4, -0.2) is 47.2 Å². The van der Waals surface area contributed by atoms with Gasteiger partial charge in [0.25, 0.3) is 0 Å². The van der Waals surface area contributed by atoms with Crippen LogP contribution in [0.4, 0.5) is 52.7 Å². The Bertz CT molecular complexity index is 4380. The number of halogens is 15. The molecule has 488 valence electrons. The molecule has 1 fully saturated rings. The third-order valence-electron chi connectivity index (χ3n) is 13.4. The molecule has 0 aliphatic carbocycles. The average Bonchev–Trinajstić information content (AvgIpc) is 1.63. The molecule has 2 unspecified atom stereocenters. The molecule has 2 atom stereocenters. The summed E-state index contributed by atoms with van der Waals surface area (Å²) in [6.45, 7) is -1.32. The van der Waals surface area contributed by atoms with Crippen molar-refractivity contribution in [1.29, 1.82) is 15.8 Å². The highest BCUT2D eigenvalue weighted by molar-refractivity contribution is 15.0. The van der Waals surface area contributed by atoms with E-state index in [1.807, 2.05) is 18.2 Å². The number of Topliss-reactive ketones (excluding diaryl/α,β-unsaturated/α-hetero) is 1. The van der Waals surface area contributed by atoms with Crippen molar-refractivity contribution < 1.29 is 81.5 Å². The van der Waals surface area contributed by atoms with E-state index in [1.165, 1.54) is 66.7 Å². The predicted molar refractivity (Wildman–Crippen MR) is 343 cm³/mol. The summed E-state index contributed by atoms with van der Waals surface area (Å²) in [5, 5.41) is 41.2. The maximum Gasteiger partial charge on any atom is 0.351 e. The molecule has 1 aliphatic rings. The number of nitriles is 3. The van der Waals surface area contributed by atoms with Gasteiger partial charge in [0.2, 0.25) is 5.78 Å². The molecule has 11 rings (SSSR count). The van der Waals surface area contributed by atoms with Gasteiger partial charge in [0.15, 0.2) is 11.2 Å². The molecule has 15 nitrogen and oxygen atoms in total. The second kappa shape index (κ2) is 32.2. The molecule has 0 radical (unpaired) electrons. The number of benzene rings is 6. The number of carbonyl (C=O) groups excluding carboxylic acids is 1. The van der Waals surface area contributed by atoms with Gasteiger partial charge in [-0.05, 0) is 146 Å². The zero-order valence-corrected chi connectivity index (χ0v) is 53.7. The summed E-state index contributed by atoms with van der Waals surface area (Å²) in [5.41, 5.74) is -8.76. The van der Waals surface area contributed by atoms with Gasteiger partial charge in [-0.3, -0.25) is 19.7 Å². The van der Waals surface area contributed by atoms with E-state index in [0.29, 0.717) is 64.3 Å². The van der Waals surface area contributed by atoms with Crippen LogP contribution in [0.2, 0.25) is 0 Å². The van der Waals surface area contributed by atoms with Crippen LogP contribution in [0.5, 0.6) is 34.5 Å². The lowest BCUT2D eigenvalue weighted by atomic mass is 9.84. The first-order valence-corrected chi connectivity index (χ1v) is 32.5. The second-order valence-electron chi connectivity index (χ2n) is 19.3. The molecular weight excluding hydrogens is 1610 g/mol. The first-order valence-electron chi connectivity index (χ1n) is 26.2. The summed E-state index contributed by atoms with van der Waals surface area (Å²) in [5.74, 6) is -18.9. The lowest BCUT2D eigenvalue weighted by Crippen LogP contribution is -2.48. The Morgan fingerprint density at radius 2 is 0.958 bits per heavy atom. The molecule has 0 spiro atoms. The van der Waals surface area contributed by atoms with E-state index in [2.05, 4.69) is 62.3 Å². The summed E-state index contributed by atoms with van der Waals surface area (Å²) in [6.07, 6.45) is 5.24. The van der Waals surface area contributed by atoms with Gasteiger partial charge in [-0.2, -0.15) is 47.2 Å². The minimum absolute atomic E-state index is 0. The fourth-order valence-corrected chi connectivity index (χ4v) is 8.58. The molecule has 0 saturated carbocycles. The van der Waals surface area contributed by atoms with E-state index in [-0.39, 0.29) is 48.7 Å². The minimum Gasteiger partial charge on any atom is -0.456 e. The van der Waals surface area contributed by atoms with Gasteiger partial charge in [-0.1, -0.05) is 7.43 Å². The van der Waals surface area contributed by atoms with Gasteiger partial charge in [-0.25, -0.2) is 36.0 Å². The SMILES string of the molecule is C.I.II.N#Cc1ccc(Oc2ccc(C(F)(F)C(=O)c3ccc(F)cc3F)nc2)cc1.N#Cc1ccc(Oc2ccc(C(F)(F)C(O)(Cn3cncn3)c3ccc(F)cc3F)nc2)cc1.N#Cc1ccc(Oc2ccc(C(F)(F)C3(c4ccc(F)cc4F)CO3)nc2)cc1. The molecule has 5 heterocycles. The van der Waals surface area contributed by atoms with Crippen molar-refractivity contribution >= 4 is 67.0 Å². The van der Waals surface area contributed by atoms with Gasteiger partial charge in [0, 0.05) is 66.6 Å². The van der Waals surface area contributed by atoms with Gasteiger partial charge >= 0.3 is 17.8 Å². The summed E-state index contributed by atoms with van der Waals surface area (Å²) in [7, 11) is 0. The summed E-state index contributed by atoms with van der Waals surface area (Å²) in [4.78, 5) is 26.7. The van der Waals surface area contributed by atoms with Crippen LogP contribution in [0, 0.1) is 68.9 Å². The molecule has 10 aromatic rings. The lowest BCUT2D eigenvalue weighted by Gasteiger charge is -2.36. The highest BCUT2D eigenvalue weighted by Gasteiger charge is 2.68. The fraction of sp³-hybridized carbons (Fsp3) is 0.123. The molecule has 95 heavy (non-hydrogen) atoms. The molecule has 1 saturated heterocycles. The van der Waals surface area contributed by atoms with Crippen molar-refractivity contribution in [3.05, 3.63) is 280 Å². The largest absolute Gasteiger partial charge is 0.456 e. The highest BCUT2D eigenvalue weighted by Crippen LogP contribution is 2.56. The topological polar surface area (TPSA) is 218 Å². The Kier molecular flexibility index (Phi) is 25.4. The minimum atomic E-state index is -4.15. The number of aliphatic hydroxyl groups is 1. The number of carbonyl (C=O) groups is 1. The Balaban J connectivity index is 0.000000221. The second-order valence-corrected chi connectivity index (χ2v) is 19.3. The van der Waals surface area contributed by atoms with Gasteiger partial charge < -0.3 is 24.1 Å². The number of hydrogen-bond acceptors (Lipinski definition) is 14. The zero-order chi connectivity index (χ0) is 67.3. The van der Waals surface area contributed by atoms with Crippen LogP contribution >= 0.6 is 61.2 Å². The predicted octanol–water partition coefficient (Wildman–Crippen LogP) is 17.4. The van der Waals surface area contributed by atoms with Crippen molar-refractivity contribution in [2.45, 2.75) is 42.9 Å². The number of alkyl halides is 6. The van der Waals surface area contributed by atoms with E-state index in [0.717, 1.165) is 78.4 Å². The standard InChI is InChI=1S/C23H15F4N5O2.C21H12F4N2O2.C20H10F4N2O2.CH4.I2.HI/c24-16-3-7-19(20(25)9-16)22(33,12-32-14-29-13-31-32)23(26,27)21-8-6-18(11-30-21)34-17-4-1-15(10-28)2-5-17;22-14-3-7-17(18(23)9-14)20(12-28-20)21(24,25)19-8-6-16(11-27-19)29-15-4-1-13(10-26)2-5-15;21-13-3-7-16(17(22)9-13)19(27)20(23,24)18-8-6-15(11-26-18)28-14-4-1-12(10-25)2-5-14;;1-2;/h1-9,11,13-14,33H,12H2;1-9,11H,12H2;1-9,11H;1H4;;1H. The van der Waals surface area contributed by atoms with Crippen LogP contribution in [0.1, 0.15) is 62.7 Å². The molecule has 6 aromatic carbocycles. The number of rotatable bonds is 17. The average molecular weight is 1650 g/mol. The maximum absolute atomic E-state index is 15.7. The van der Waals surface area contributed by atoms with Gasteiger partial charge in [0.05, 0.1) is 72.2 Å². The normalized spacial score (nSPS) is 13.6. The highest BCUT2D eigenvalue weighted by atomic mass is 128. The van der Waals surface area contributed by atoms with Crippen LogP contribution in [0.3, 0.4) is 0 Å². The number of hydrogen-bond donors (Lipinski definition) is 1. The van der Waals surface area contributed by atoms with Crippen LogP contribution in [0.15, 0.2) is 195 Å². The van der Waals surface area contributed by atoms with E-state index in [1.54, 1.807) is 24.3 Å². The molecular formula is C65H42F12I3N9O6. The van der Waals surface area contributed by atoms with E-state index < -0.39 is 117 Å².